The lowest BCUT2D eigenvalue weighted by Gasteiger charge is -2.20. The quantitative estimate of drug-likeness (QED) is 0.139. The summed E-state index contributed by atoms with van der Waals surface area (Å²) in [5.41, 5.74) is 3.48. The Morgan fingerprint density at radius 2 is 1.49 bits per heavy atom. The van der Waals surface area contributed by atoms with E-state index in [2.05, 4.69) is 0 Å². The minimum absolute atomic E-state index is 0.148. The summed E-state index contributed by atoms with van der Waals surface area (Å²) in [6.45, 7) is 0. The molecular weight excluding hydrogens is 547 g/mol. The van der Waals surface area contributed by atoms with Crippen molar-refractivity contribution in [2.45, 2.75) is 9.79 Å². The smallest absolute Gasteiger partial charge is 0.337 e. The lowest BCUT2D eigenvalue weighted by molar-refractivity contribution is 0.0698. The normalized spacial score (nSPS) is 12.3. The summed E-state index contributed by atoms with van der Waals surface area (Å²) in [6.07, 6.45) is 0. The predicted molar refractivity (Wildman–Crippen MR) is 125 cm³/mol. The number of carboxylic acids is 1. The second-order valence-electron chi connectivity index (χ2n) is 7.19. The highest BCUT2D eigenvalue weighted by Crippen LogP contribution is 2.48. The molecule has 2 aromatic carbocycles. The van der Waals surface area contributed by atoms with Crippen LogP contribution in [0.25, 0.3) is 33.4 Å². The number of carbonyl (C=O) groups is 1. The zero-order chi connectivity index (χ0) is 26.0. The van der Waals surface area contributed by atoms with Crippen LogP contribution in [-0.4, -0.2) is 37.0 Å². The van der Waals surface area contributed by atoms with Crippen molar-refractivity contribution in [3.8, 4) is 22.5 Å². The van der Waals surface area contributed by atoms with E-state index in [0.717, 1.165) is 12.1 Å². The number of anilines is 1. The molecule has 1 heterocycles. The Morgan fingerprint density at radius 3 is 2.06 bits per heavy atom. The van der Waals surface area contributed by atoms with Crippen molar-refractivity contribution < 1.29 is 40.3 Å². The lowest BCUT2D eigenvalue weighted by Crippen LogP contribution is -2.16. The highest BCUT2D eigenvalue weighted by atomic mass is 35.5. The van der Waals surface area contributed by atoms with Gasteiger partial charge in [-0.25, -0.2) is 4.79 Å². The van der Waals surface area contributed by atoms with Gasteiger partial charge in [0.25, 0.3) is 20.2 Å². The van der Waals surface area contributed by atoms with Crippen LogP contribution < -0.4 is 11.1 Å². The summed E-state index contributed by atoms with van der Waals surface area (Å²) in [7, 11) is -10.2. The zero-order valence-corrected chi connectivity index (χ0v) is 20.0. The fourth-order valence-electron chi connectivity index (χ4n) is 3.78. The first-order valence-corrected chi connectivity index (χ1v) is 12.8. The second kappa shape index (κ2) is 8.19. The molecule has 0 radical (unpaired) electrons. The molecule has 6 N–H and O–H groups in total. The average Bonchev–Trinajstić information content (AvgIpc) is 2.71. The standard InChI is InChI=1S/C20H12Cl2N2O9S2/c21-9-3-4-10(22)15(20(25)26)14(9)13-7-1-5-11(23)18(34(27,28)29)16(7)33-17-8(13)2-6-12(24)19(17)35(30,31)32/h1-6,23H,24H2,(H,25,26)(H,27,28,29)(H,30,31,32). The first-order chi connectivity index (χ1) is 16.1. The molecule has 15 heteroatoms. The summed E-state index contributed by atoms with van der Waals surface area (Å²) in [6, 6.07) is 6.99. The van der Waals surface area contributed by atoms with Crippen molar-refractivity contribution in [1.29, 1.82) is 5.41 Å². The number of halogens is 2. The van der Waals surface area contributed by atoms with Gasteiger partial charge in [0, 0.05) is 27.1 Å². The maximum atomic E-state index is 12.2. The first kappa shape index (κ1) is 24.9. The molecule has 0 atom stereocenters. The van der Waals surface area contributed by atoms with E-state index in [1.807, 2.05) is 0 Å². The highest BCUT2D eigenvalue weighted by molar-refractivity contribution is 7.86. The molecule has 0 saturated carbocycles. The summed E-state index contributed by atoms with van der Waals surface area (Å²) < 4.78 is 73.8. The molecule has 0 saturated heterocycles. The Balaban J connectivity index is 2.45. The number of benzene rings is 3. The number of hydrogen-bond acceptors (Lipinski definition) is 8. The number of rotatable bonds is 4. The van der Waals surface area contributed by atoms with Gasteiger partial charge in [-0.3, -0.25) is 14.5 Å². The Morgan fingerprint density at radius 1 is 0.886 bits per heavy atom. The molecule has 2 aliphatic rings. The van der Waals surface area contributed by atoms with Crippen LogP contribution in [-0.2, 0) is 20.2 Å². The number of nitrogens with two attached hydrogens (primary N) is 1. The molecule has 0 bridgehead atoms. The van der Waals surface area contributed by atoms with Crippen LogP contribution in [0.5, 0.6) is 0 Å². The summed E-state index contributed by atoms with van der Waals surface area (Å²) in [5.74, 6) is -2.24. The van der Waals surface area contributed by atoms with Crippen LogP contribution >= 0.6 is 23.2 Å². The number of carboxylic acid groups (broad SMARTS) is 1. The van der Waals surface area contributed by atoms with E-state index < -0.39 is 63.9 Å². The lowest BCUT2D eigenvalue weighted by atomic mass is 9.90. The van der Waals surface area contributed by atoms with Crippen molar-refractivity contribution in [2.75, 3.05) is 5.73 Å². The Labute approximate surface area is 206 Å². The van der Waals surface area contributed by atoms with Gasteiger partial charge in [-0.05, 0) is 36.4 Å². The van der Waals surface area contributed by atoms with Crippen LogP contribution in [0.4, 0.5) is 5.69 Å². The fraction of sp³-hybridized carbons (Fsp3) is 0. The van der Waals surface area contributed by atoms with Gasteiger partial charge in [0.1, 0.15) is 0 Å². The minimum atomic E-state index is -5.13. The largest absolute Gasteiger partial charge is 0.478 e. The molecule has 1 aliphatic heterocycles. The van der Waals surface area contributed by atoms with Gasteiger partial charge in [-0.2, -0.15) is 16.8 Å². The van der Waals surface area contributed by atoms with Crippen LogP contribution in [0.3, 0.4) is 0 Å². The molecule has 11 nitrogen and oxygen atoms in total. The topological polar surface area (TPSA) is 209 Å². The molecule has 0 amide bonds. The summed E-state index contributed by atoms with van der Waals surface area (Å²) >= 11 is 12.5. The number of nitrogen functional groups attached to an aromatic ring is 1. The molecule has 0 aromatic heterocycles. The number of nitrogens with one attached hydrogen (secondary N) is 1. The number of fused-ring (bicyclic) bond motifs is 2. The minimum Gasteiger partial charge on any atom is -0.478 e. The van der Waals surface area contributed by atoms with Crippen molar-refractivity contribution in [3.63, 3.8) is 0 Å². The summed E-state index contributed by atoms with van der Waals surface area (Å²) in [5, 5.41) is 16.5. The third kappa shape index (κ3) is 4.01. The SMILES string of the molecule is N=c1ccc2c(-c3c(Cl)ccc(Cl)c3C(=O)O)c3ccc(N)c(S(=O)(=O)O)c3oc-2c1S(=O)(=O)O. The van der Waals surface area contributed by atoms with Crippen molar-refractivity contribution in [1.82, 2.24) is 0 Å². The maximum absolute atomic E-state index is 12.2. The molecule has 0 unspecified atom stereocenters. The molecule has 0 fully saturated rings. The van der Waals surface area contributed by atoms with E-state index in [0.29, 0.717) is 0 Å². The van der Waals surface area contributed by atoms with Crippen molar-refractivity contribution >= 4 is 66.1 Å². The van der Waals surface area contributed by atoms with E-state index >= 15 is 0 Å². The molecule has 35 heavy (non-hydrogen) atoms. The van der Waals surface area contributed by atoms with Gasteiger partial charge in [0.05, 0.1) is 21.6 Å². The zero-order valence-electron chi connectivity index (χ0n) is 16.9. The predicted octanol–water partition coefficient (Wildman–Crippen LogP) is 3.76. The molecular formula is C20H12Cl2N2O9S2. The molecule has 182 valence electrons. The van der Waals surface area contributed by atoms with E-state index in [4.69, 9.17) is 38.8 Å². The number of aromatic carboxylic acids is 1. The van der Waals surface area contributed by atoms with E-state index in [1.165, 1.54) is 24.3 Å². The van der Waals surface area contributed by atoms with Crippen LogP contribution in [0.15, 0.2) is 50.6 Å². The van der Waals surface area contributed by atoms with E-state index in [-0.39, 0.29) is 32.1 Å². The van der Waals surface area contributed by atoms with Gasteiger partial charge in [-0.15, -0.1) is 0 Å². The van der Waals surface area contributed by atoms with Gasteiger partial charge < -0.3 is 15.3 Å². The first-order valence-electron chi connectivity index (χ1n) is 9.17. The third-order valence-corrected chi connectivity index (χ3v) is 7.57. The Hall–Kier alpha value is -3.20. The van der Waals surface area contributed by atoms with Gasteiger partial charge in [0.15, 0.2) is 21.1 Å². The third-order valence-electron chi connectivity index (χ3n) is 5.08. The van der Waals surface area contributed by atoms with E-state index in [1.54, 1.807) is 0 Å². The monoisotopic (exact) mass is 558 g/mol. The second-order valence-corrected chi connectivity index (χ2v) is 10.7. The Bertz CT molecular complexity index is 1830. The molecule has 0 spiro atoms. The summed E-state index contributed by atoms with van der Waals surface area (Å²) in [4.78, 5) is 10.1. The number of hydrogen-bond donors (Lipinski definition) is 5. The van der Waals surface area contributed by atoms with Crippen molar-refractivity contribution in [3.05, 3.63) is 57.4 Å². The van der Waals surface area contributed by atoms with Crippen LogP contribution in [0.2, 0.25) is 10.0 Å². The molecule has 1 aliphatic carbocycles. The van der Waals surface area contributed by atoms with Gasteiger partial charge >= 0.3 is 5.97 Å². The maximum Gasteiger partial charge on any atom is 0.337 e. The van der Waals surface area contributed by atoms with E-state index in [9.17, 15) is 35.8 Å². The van der Waals surface area contributed by atoms with Crippen molar-refractivity contribution in [2.24, 2.45) is 0 Å². The van der Waals surface area contributed by atoms with Gasteiger partial charge in [-0.1, -0.05) is 23.2 Å². The van der Waals surface area contributed by atoms with Crippen LogP contribution in [0.1, 0.15) is 10.4 Å². The van der Waals surface area contributed by atoms with Crippen LogP contribution in [0, 0.1) is 5.41 Å². The Kier molecular flexibility index (Phi) is 5.83. The fourth-order valence-corrected chi connectivity index (χ4v) is 5.75. The molecule has 4 rings (SSSR count). The van der Waals surface area contributed by atoms with Gasteiger partial charge in [0.2, 0.25) is 0 Å². The average molecular weight is 559 g/mol. The highest BCUT2D eigenvalue weighted by Gasteiger charge is 2.33. The molecule has 2 aromatic rings.